The van der Waals surface area contributed by atoms with Crippen LogP contribution in [0.25, 0.3) is 0 Å². The number of hydrogen-bond donors (Lipinski definition) is 1. The first-order valence-electron chi connectivity index (χ1n) is 8.88. The Hall–Kier alpha value is -2.86. The molecule has 0 aliphatic carbocycles. The molecule has 0 unspecified atom stereocenters. The molecule has 0 aliphatic heterocycles. The highest BCUT2D eigenvalue weighted by Crippen LogP contribution is 2.10. The summed E-state index contributed by atoms with van der Waals surface area (Å²) in [5.41, 5.74) is 3.07. The fourth-order valence-corrected chi connectivity index (χ4v) is 1.58. The van der Waals surface area contributed by atoms with E-state index in [0.717, 1.165) is 23.9 Å². The first-order valence-corrected chi connectivity index (χ1v) is 8.88. The minimum atomic E-state index is 0.718. The van der Waals surface area contributed by atoms with Crippen LogP contribution in [0.2, 0.25) is 0 Å². The Balaban J connectivity index is 0. The average molecular weight is 389 g/mol. The lowest BCUT2D eigenvalue weighted by Crippen LogP contribution is -2.08. The van der Waals surface area contributed by atoms with Crippen molar-refractivity contribution >= 4 is 24.1 Å². The Labute approximate surface area is 170 Å². The van der Waals surface area contributed by atoms with Crippen molar-refractivity contribution in [3.63, 3.8) is 0 Å². The molecular formula is C22H36N4O2. The zero-order valence-corrected chi connectivity index (χ0v) is 18.5. The first kappa shape index (κ1) is 27.4. The molecule has 0 saturated carbocycles. The number of carbonyl (C=O) groups is 2. The molecule has 2 aromatic carbocycles. The number of nitrogens with zero attached hydrogens (tertiary/aromatic N) is 3. The molecule has 0 saturated heterocycles. The molecule has 2 rings (SSSR count). The van der Waals surface area contributed by atoms with E-state index in [1.807, 2.05) is 89.7 Å². The Morgan fingerprint density at radius 2 is 1.04 bits per heavy atom. The number of carbonyl (C=O) groups excluding carboxylic acids is 2. The summed E-state index contributed by atoms with van der Waals surface area (Å²) >= 11 is 0. The average Bonchev–Trinajstić information content (AvgIpc) is 2.70. The van der Waals surface area contributed by atoms with Gasteiger partial charge < -0.3 is 20.0 Å². The maximum Gasteiger partial charge on any atom is 0.209 e. The van der Waals surface area contributed by atoms with Crippen LogP contribution in [0, 0.1) is 0 Å². The van der Waals surface area contributed by atoms with Crippen molar-refractivity contribution in [2.75, 3.05) is 66.2 Å². The van der Waals surface area contributed by atoms with E-state index in [0.29, 0.717) is 0 Å². The number of aldehydes is 1. The van der Waals surface area contributed by atoms with Gasteiger partial charge in [-0.3, -0.25) is 9.59 Å². The third-order valence-corrected chi connectivity index (χ3v) is 3.03. The normalized spacial score (nSPS) is 8.43. The lowest BCUT2D eigenvalue weighted by atomic mass is 10.2. The highest BCUT2D eigenvalue weighted by molar-refractivity contribution is 5.75. The molecule has 0 spiro atoms. The number of hydrogen-bond acceptors (Lipinski definition) is 5. The van der Waals surface area contributed by atoms with E-state index in [4.69, 9.17) is 0 Å². The summed E-state index contributed by atoms with van der Waals surface area (Å²) in [7, 11) is 15.1. The van der Waals surface area contributed by atoms with E-state index in [1.165, 1.54) is 10.6 Å². The van der Waals surface area contributed by atoms with E-state index < -0.39 is 0 Å². The second-order valence-electron chi connectivity index (χ2n) is 6.40. The van der Waals surface area contributed by atoms with Crippen LogP contribution < -0.4 is 15.1 Å². The van der Waals surface area contributed by atoms with Gasteiger partial charge in [0.15, 0.2) is 0 Å². The van der Waals surface area contributed by atoms with Crippen molar-refractivity contribution in [1.29, 1.82) is 0 Å². The molecule has 0 heterocycles. The minimum absolute atomic E-state index is 0.718. The van der Waals surface area contributed by atoms with Gasteiger partial charge in [0.05, 0.1) is 0 Å². The van der Waals surface area contributed by atoms with Gasteiger partial charge in [0.25, 0.3) is 0 Å². The number of rotatable bonds is 4. The zero-order chi connectivity index (χ0) is 21.9. The predicted molar refractivity (Wildman–Crippen MR) is 122 cm³/mol. The molecule has 0 radical (unpaired) electrons. The van der Waals surface area contributed by atoms with Gasteiger partial charge in [-0.25, -0.2) is 0 Å². The van der Waals surface area contributed by atoms with E-state index in [9.17, 15) is 9.59 Å². The third-order valence-electron chi connectivity index (χ3n) is 3.03. The van der Waals surface area contributed by atoms with Gasteiger partial charge in [0, 0.05) is 59.2 Å². The fraction of sp³-hybridized carbons (Fsp3) is 0.364. The largest absolute Gasteiger partial charge is 0.378 e. The van der Waals surface area contributed by atoms with Crippen LogP contribution in [0.5, 0.6) is 0 Å². The molecular weight excluding hydrogens is 352 g/mol. The van der Waals surface area contributed by atoms with Crippen LogP contribution in [0.3, 0.4) is 0 Å². The maximum atomic E-state index is 10.3. The molecule has 6 heteroatoms. The molecule has 2 aromatic rings. The van der Waals surface area contributed by atoms with Crippen molar-refractivity contribution in [1.82, 2.24) is 10.2 Å². The van der Waals surface area contributed by atoms with E-state index in [-0.39, 0.29) is 0 Å². The second kappa shape index (κ2) is 17.5. The maximum absolute atomic E-state index is 10.3. The van der Waals surface area contributed by atoms with E-state index >= 15 is 0 Å². The quantitative estimate of drug-likeness (QED) is 0.817. The monoisotopic (exact) mass is 388 g/mol. The topological polar surface area (TPSA) is 55.9 Å². The number of nitrogens with one attached hydrogen (secondary N) is 1. The molecule has 1 N–H and O–H groups in total. The van der Waals surface area contributed by atoms with Gasteiger partial charge >= 0.3 is 0 Å². The predicted octanol–water partition coefficient (Wildman–Crippen LogP) is 2.86. The summed E-state index contributed by atoms with van der Waals surface area (Å²) in [5, 5.41) is 2.75. The van der Waals surface area contributed by atoms with Crippen LogP contribution >= 0.6 is 0 Å². The van der Waals surface area contributed by atoms with Gasteiger partial charge in [0.2, 0.25) is 6.41 Å². The Kier molecular flexibility index (Phi) is 17.1. The summed E-state index contributed by atoms with van der Waals surface area (Å²) in [6, 6.07) is 17.7. The number of anilines is 2. The molecule has 6 nitrogen and oxygen atoms in total. The molecule has 1 amide bonds. The van der Waals surface area contributed by atoms with Crippen molar-refractivity contribution in [3.8, 4) is 0 Å². The summed E-state index contributed by atoms with van der Waals surface area (Å²) < 4.78 is 0. The van der Waals surface area contributed by atoms with E-state index in [1.54, 1.807) is 14.1 Å². The van der Waals surface area contributed by atoms with Gasteiger partial charge in [-0.05, 0) is 50.5 Å². The third kappa shape index (κ3) is 15.4. The molecule has 0 aliphatic rings. The number of benzene rings is 2. The molecule has 0 fully saturated rings. The fourth-order valence-electron chi connectivity index (χ4n) is 1.58. The van der Waals surface area contributed by atoms with Crippen LogP contribution in [0.4, 0.5) is 11.4 Å². The van der Waals surface area contributed by atoms with Crippen molar-refractivity contribution in [3.05, 3.63) is 60.2 Å². The molecule has 0 aromatic heterocycles. The SMILES string of the molecule is CN(C)C=O.CN(C)c1ccc(C=O)cc1.CN(C)c1ccccc1.CNC. The number of amides is 1. The zero-order valence-electron chi connectivity index (χ0n) is 18.5. The van der Waals surface area contributed by atoms with Gasteiger partial charge in [-0.15, -0.1) is 0 Å². The van der Waals surface area contributed by atoms with Gasteiger partial charge in [0.1, 0.15) is 6.29 Å². The standard InChI is InChI=1S/C9H11NO.C8H11N.C3H7NO.C2H7N/c1-10(2)9-5-3-8(7-11)4-6-9;1-9(2)8-6-4-3-5-7-8;1-4(2)3-5;1-3-2/h3-7H,1-2H3;3-7H,1-2H3;3H,1-2H3;3H,1-2H3. The van der Waals surface area contributed by atoms with Gasteiger partial charge in [-0.1, -0.05) is 18.2 Å². The lowest BCUT2D eigenvalue weighted by Gasteiger charge is -2.11. The Morgan fingerprint density at radius 3 is 1.29 bits per heavy atom. The Bertz CT molecular complexity index is 612. The first-order chi connectivity index (χ1) is 13.2. The van der Waals surface area contributed by atoms with E-state index in [2.05, 4.69) is 22.3 Å². The molecule has 0 atom stereocenters. The second-order valence-corrected chi connectivity index (χ2v) is 6.40. The summed E-state index contributed by atoms with van der Waals surface area (Å²) in [6.45, 7) is 0. The lowest BCUT2D eigenvalue weighted by molar-refractivity contribution is -0.115. The Morgan fingerprint density at radius 1 is 0.679 bits per heavy atom. The highest BCUT2D eigenvalue weighted by Gasteiger charge is 1.93. The molecule has 0 bridgehead atoms. The highest BCUT2D eigenvalue weighted by atomic mass is 16.1. The van der Waals surface area contributed by atoms with Crippen molar-refractivity contribution < 1.29 is 9.59 Å². The van der Waals surface area contributed by atoms with Crippen molar-refractivity contribution in [2.45, 2.75) is 0 Å². The molecule has 28 heavy (non-hydrogen) atoms. The van der Waals surface area contributed by atoms with Crippen LogP contribution in [0.1, 0.15) is 10.4 Å². The van der Waals surface area contributed by atoms with Crippen molar-refractivity contribution in [2.24, 2.45) is 0 Å². The molecule has 156 valence electrons. The summed E-state index contributed by atoms with van der Waals surface area (Å²) in [5.74, 6) is 0. The smallest absolute Gasteiger partial charge is 0.209 e. The summed E-state index contributed by atoms with van der Waals surface area (Å²) in [6.07, 6.45) is 1.60. The van der Waals surface area contributed by atoms with Crippen LogP contribution in [-0.4, -0.2) is 74.0 Å². The number of para-hydroxylation sites is 1. The van der Waals surface area contributed by atoms with Crippen LogP contribution in [-0.2, 0) is 4.79 Å². The summed E-state index contributed by atoms with van der Waals surface area (Å²) in [4.78, 5) is 25.2. The van der Waals surface area contributed by atoms with Crippen LogP contribution in [0.15, 0.2) is 54.6 Å². The van der Waals surface area contributed by atoms with Gasteiger partial charge in [-0.2, -0.15) is 0 Å². The minimum Gasteiger partial charge on any atom is -0.378 e.